The molecule has 2 heterocycles. The Labute approximate surface area is 271 Å². The molecule has 1 fully saturated rings. The van der Waals surface area contributed by atoms with Crippen molar-refractivity contribution in [1.29, 1.82) is 0 Å². The van der Waals surface area contributed by atoms with Crippen molar-refractivity contribution in [3.8, 4) is 0 Å². The van der Waals surface area contributed by atoms with Crippen molar-refractivity contribution < 1.29 is 27.2 Å². The van der Waals surface area contributed by atoms with Crippen LogP contribution in [0, 0.1) is 12.8 Å². The molecule has 1 aromatic heterocycles. The summed E-state index contributed by atoms with van der Waals surface area (Å²) >= 11 is 0. The fraction of sp³-hybridized carbons (Fsp3) is 0.389. The topological polar surface area (TPSA) is 100 Å². The summed E-state index contributed by atoms with van der Waals surface area (Å²) in [4.78, 5) is 29.7. The van der Waals surface area contributed by atoms with E-state index >= 15 is 0 Å². The second-order valence-corrected chi connectivity index (χ2v) is 13.4. The van der Waals surface area contributed by atoms with Crippen molar-refractivity contribution in [1.82, 2.24) is 4.90 Å². The molecule has 1 amide bonds. The third-order valence-electron chi connectivity index (χ3n) is 8.82. The van der Waals surface area contributed by atoms with Gasteiger partial charge in [0, 0.05) is 49.6 Å². The maximum Gasteiger partial charge on any atom is 0.374 e. The molecule has 0 aliphatic carbocycles. The van der Waals surface area contributed by atoms with E-state index in [2.05, 4.69) is 4.90 Å². The number of sulfonamides is 1. The molecule has 0 radical (unpaired) electrons. The van der Waals surface area contributed by atoms with Crippen LogP contribution >= 0.6 is 0 Å². The number of esters is 1. The number of carbonyl (C=O) groups is 2. The first-order valence-corrected chi connectivity index (χ1v) is 17.5. The SMILES string of the molecule is CCOC(=O)c1oc2ccc(S(=O)(=O)N(CCc3ccccc3)c3ccccc3N3CCN(C(=O)C(CC)CC)CC3)cc2c1C. The van der Waals surface area contributed by atoms with Crippen LogP contribution in [0.15, 0.2) is 82.1 Å². The van der Waals surface area contributed by atoms with E-state index in [1.807, 2.05) is 73.3 Å². The van der Waals surface area contributed by atoms with Crippen molar-refractivity contribution in [3.05, 3.63) is 89.7 Å². The van der Waals surface area contributed by atoms with Crippen molar-refractivity contribution in [2.75, 3.05) is 48.5 Å². The van der Waals surface area contributed by atoms with E-state index < -0.39 is 16.0 Å². The number of anilines is 2. The van der Waals surface area contributed by atoms with E-state index in [-0.39, 0.29) is 35.6 Å². The third kappa shape index (κ3) is 6.77. The van der Waals surface area contributed by atoms with Gasteiger partial charge in [-0.15, -0.1) is 0 Å². The van der Waals surface area contributed by atoms with Gasteiger partial charge in [-0.3, -0.25) is 9.10 Å². The van der Waals surface area contributed by atoms with Crippen molar-refractivity contribution in [3.63, 3.8) is 0 Å². The normalized spacial score (nSPS) is 13.8. The number of fused-ring (bicyclic) bond motifs is 1. The fourth-order valence-electron chi connectivity index (χ4n) is 6.13. The summed E-state index contributed by atoms with van der Waals surface area (Å²) in [5.41, 5.74) is 3.35. The van der Waals surface area contributed by atoms with Crippen LogP contribution in [0.5, 0.6) is 0 Å². The molecular formula is C36H43N3O6S. The maximum atomic E-state index is 14.6. The molecule has 10 heteroatoms. The van der Waals surface area contributed by atoms with E-state index in [1.165, 1.54) is 10.4 Å². The van der Waals surface area contributed by atoms with E-state index in [1.54, 1.807) is 26.0 Å². The summed E-state index contributed by atoms with van der Waals surface area (Å²) < 4.78 is 41.6. The van der Waals surface area contributed by atoms with Gasteiger partial charge < -0.3 is 19.0 Å². The maximum absolute atomic E-state index is 14.6. The van der Waals surface area contributed by atoms with Crippen LogP contribution in [0.25, 0.3) is 11.0 Å². The highest BCUT2D eigenvalue weighted by Gasteiger charge is 2.31. The third-order valence-corrected chi connectivity index (χ3v) is 10.6. The minimum atomic E-state index is -4.07. The summed E-state index contributed by atoms with van der Waals surface area (Å²) in [6.07, 6.45) is 2.15. The Morgan fingerprint density at radius 2 is 1.59 bits per heavy atom. The number of piperazine rings is 1. The molecule has 46 heavy (non-hydrogen) atoms. The standard InChI is InChI=1S/C36H43N3O6S/c1-5-28(6-2)35(40)38-23-21-37(22-24-38)31-15-11-12-16-32(31)39(20-19-27-13-9-8-10-14-27)46(42,43)29-17-18-33-30(25-29)26(4)34(45-33)36(41)44-7-3/h8-18,25,28H,5-7,19-24H2,1-4H3. The lowest BCUT2D eigenvalue weighted by molar-refractivity contribution is -0.136. The fourth-order valence-corrected chi connectivity index (χ4v) is 7.64. The number of para-hydroxylation sites is 2. The molecule has 244 valence electrons. The van der Waals surface area contributed by atoms with Crippen LogP contribution in [0.2, 0.25) is 0 Å². The first kappa shape index (κ1) is 33.1. The summed E-state index contributed by atoms with van der Waals surface area (Å²) in [5, 5.41) is 0.540. The van der Waals surface area contributed by atoms with Crippen molar-refractivity contribution in [2.24, 2.45) is 5.92 Å². The Bertz CT molecular complexity index is 1770. The minimum Gasteiger partial charge on any atom is -0.460 e. The molecule has 0 bridgehead atoms. The number of benzene rings is 3. The quantitative estimate of drug-likeness (QED) is 0.164. The average molecular weight is 646 g/mol. The number of nitrogens with zero attached hydrogens (tertiary/aromatic N) is 3. The lowest BCUT2D eigenvalue weighted by Crippen LogP contribution is -2.50. The highest BCUT2D eigenvalue weighted by atomic mass is 32.2. The predicted molar refractivity (Wildman–Crippen MR) is 181 cm³/mol. The van der Waals surface area contributed by atoms with Gasteiger partial charge in [0.05, 0.1) is 22.9 Å². The van der Waals surface area contributed by atoms with Crippen LogP contribution in [0.3, 0.4) is 0 Å². The highest BCUT2D eigenvalue weighted by Crippen LogP contribution is 2.36. The minimum absolute atomic E-state index is 0.0297. The van der Waals surface area contributed by atoms with E-state index in [0.717, 1.165) is 24.1 Å². The number of amides is 1. The molecule has 1 aliphatic heterocycles. The molecule has 0 atom stereocenters. The predicted octanol–water partition coefficient (Wildman–Crippen LogP) is 6.44. The lowest BCUT2D eigenvalue weighted by atomic mass is 10.0. The second-order valence-electron chi connectivity index (χ2n) is 11.6. The van der Waals surface area contributed by atoms with Crippen molar-refractivity contribution in [2.45, 2.75) is 51.9 Å². The molecule has 5 rings (SSSR count). The summed E-state index contributed by atoms with van der Waals surface area (Å²) in [6, 6.07) is 22.1. The van der Waals surface area contributed by atoms with Gasteiger partial charge in [-0.1, -0.05) is 56.3 Å². The van der Waals surface area contributed by atoms with Gasteiger partial charge in [-0.05, 0) is 69.0 Å². The molecule has 1 aliphatic rings. The first-order chi connectivity index (χ1) is 22.2. The molecule has 1 saturated heterocycles. The molecule has 3 aromatic carbocycles. The van der Waals surface area contributed by atoms with Gasteiger partial charge in [0.1, 0.15) is 5.58 Å². The van der Waals surface area contributed by atoms with Gasteiger partial charge in [0.2, 0.25) is 11.7 Å². The molecule has 0 unspecified atom stereocenters. The largest absolute Gasteiger partial charge is 0.460 e. The number of aryl methyl sites for hydroxylation is 1. The van der Waals surface area contributed by atoms with Crippen LogP contribution in [-0.2, 0) is 26.0 Å². The van der Waals surface area contributed by atoms with Crippen LogP contribution in [0.4, 0.5) is 11.4 Å². The molecule has 0 spiro atoms. The molecule has 0 saturated carbocycles. The first-order valence-electron chi connectivity index (χ1n) is 16.1. The second kappa shape index (κ2) is 14.4. The summed E-state index contributed by atoms with van der Waals surface area (Å²) in [5.74, 6) is -0.289. The number of carbonyl (C=O) groups excluding carboxylic acids is 2. The van der Waals surface area contributed by atoms with Gasteiger partial charge in [0.25, 0.3) is 10.0 Å². The Morgan fingerprint density at radius 1 is 0.913 bits per heavy atom. The highest BCUT2D eigenvalue weighted by molar-refractivity contribution is 7.92. The van der Waals surface area contributed by atoms with Gasteiger partial charge >= 0.3 is 5.97 Å². The summed E-state index contributed by atoms with van der Waals surface area (Å²) in [6.45, 7) is 10.3. The van der Waals surface area contributed by atoms with Gasteiger partial charge in [-0.2, -0.15) is 0 Å². The lowest BCUT2D eigenvalue weighted by Gasteiger charge is -2.39. The smallest absolute Gasteiger partial charge is 0.374 e. The van der Waals surface area contributed by atoms with E-state index in [4.69, 9.17) is 9.15 Å². The Kier molecular flexibility index (Phi) is 10.4. The zero-order valence-corrected chi connectivity index (χ0v) is 27.9. The molecule has 9 nitrogen and oxygen atoms in total. The zero-order valence-electron chi connectivity index (χ0n) is 27.1. The van der Waals surface area contributed by atoms with Crippen LogP contribution in [0.1, 0.15) is 55.3 Å². The van der Waals surface area contributed by atoms with Gasteiger partial charge in [0.15, 0.2) is 0 Å². The van der Waals surface area contributed by atoms with Crippen LogP contribution < -0.4 is 9.21 Å². The number of hydrogen-bond donors (Lipinski definition) is 0. The molecule has 4 aromatic rings. The monoisotopic (exact) mass is 645 g/mol. The zero-order chi connectivity index (χ0) is 32.8. The summed E-state index contributed by atoms with van der Waals surface area (Å²) in [7, 11) is -4.07. The average Bonchev–Trinajstić information content (AvgIpc) is 3.41. The molecule has 0 N–H and O–H groups in total. The number of ether oxygens (including phenoxy) is 1. The van der Waals surface area contributed by atoms with Gasteiger partial charge in [-0.25, -0.2) is 13.2 Å². The Balaban J connectivity index is 1.50. The Morgan fingerprint density at radius 3 is 2.26 bits per heavy atom. The number of hydrogen-bond acceptors (Lipinski definition) is 7. The van der Waals surface area contributed by atoms with Crippen LogP contribution in [-0.4, -0.2) is 64.5 Å². The number of rotatable bonds is 12. The van der Waals surface area contributed by atoms with E-state index in [9.17, 15) is 18.0 Å². The molecular weight excluding hydrogens is 602 g/mol. The number of furan rings is 1. The van der Waals surface area contributed by atoms with Crippen molar-refractivity contribution >= 4 is 44.2 Å². The van der Waals surface area contributed by atoms with E-state index in [0.29, 0.717) is 54.8 Å². The Hall–Kier alpha value is -4.31.